The largest absolute Gasteiger partial charge is 0.334 e. The van der Waals surface area contributed by atoms with E-state index in [1.807, 2.05) is 0 Å². The van der Waals surface area contributed by atoms with Gasteiger partial charge in [0.25, 0.3) is 6.71 Å². The summed E-state index contributed by atoms with van der Waals surface area (Å²) in [5.41, 5.74) is 27.5. The van der Waals surface area contributed by atoms with E-state index >= 15 is 0 Å². The van der Waals surface area contributed by atoms with Crippen LogP contribution in [-0.2, 0) is 18.3 Å². The van der Waals surface area contributed by atoms with E-state index in [0.29, 0.717) is 0 Å². The number of hydrogen-bond donors (Lipinski definition) is 0. The van der Waals surface area contributed by atoms with Crippen molar-refractivity contribution in [2.75, 3.05) is 14.7 Å². The SMILES string of the molecule is CC12Cc3ccccc3CC1(c1ccccc1)c1ccccc1N2c1cc2c3c(c1)N(c1ccc(-c4ccccc4)cc1)c1ccc(-c4ccccc4)cc1B3c1cc(-c3ccccc3)ccc1N2c1ccc(-c2ccccc2)cc1. The summed E-state index contributed by atoms with van der Waals surface area (Å²) in [4.78, 5) is 7.95. The lowest BCUT2D eigenvalue weighted by Crippen LogP contribution is -2.62. The Kier molecular flexibility index (Phi) is 10.8. The van der Waals surface area contributed by atoms with E-state index in [4.69, 9.17) is 0 Å². The van der Waals surface area contributed by atoms with E-state index in [1.54, 1.807) is 0 Å². The van der Waals surface area contributed by atoms with Crippen molar-refractivity contribution in [2.45, 2.75) is 30.7 Å². The summed E-state index contributed by atoms with van der Waals surface area (Å²) in [6.45, 7) is 2.44. The molecule has 0 radical (unpaired) electrons. The Morgan fingerprint density at radius 2 is 0.691 bits per heavy atom. The molecule has 3 nitrogen and oxygen atoms in total. The first kappa shape index (κ1) is 47.1. The van der Waals surface area contributed by atoms with Crippen LogP contribution in [0.5, 0.6) is 0 Å². The molecule has 12 aromatic rings. The Morgan fingerprint density at radius 3 is 1.17 bits per heavy atom. The fourth-order valence-corrected chi connectivity index (χ4v) is 14.7. The highest BCUT2D eigenvalue weighted by atomic mass is 15.3. The topological polar surface area (TPSA) is 9.72 Å². The molecule has 0 saturated carbocycles. The third-order valence-electron chi connectivity index (χ3n) is 18.4. The molecule has 0 fully saturated rings. The van der Waals surface area contributed by atoms with Crippen LogP contribution in [0.4, 0.5) is 45.5 Å². The normalized spacial score (nSPS) is 17.1. The fourth-order valence-electron chi connectivity index (χ4n) is 14.7. The molecule has 382 valence electrons. The zero-order valence-electron chi connectivity index (χ0n) is 45.1. The number of hydrogen-bond acceptors (Lipinski definition) is 3. The van der Waals surface area contributed by atoms with Gasteiger partial charge in [-0.05, 0) is 158 Å². The van der Waals surface area contributed by atoms with E-state index < -0.39 is 5.54 Å². The van der Waals surface area contributed by atoms with Crippen molar-refractivity contribution >= 4 is 68.6 Å². The first-order chi connectivity index (χ1) is 40.0. The highest BCUT2D eigenvalue weighted by Gasteiger charge is 2.62. The minimum Gasteiger partial charge on any atom is -0.334 e. The van der Waals surface area contributed by atoms with Crippen molar-refractivity contribution in [1.82, 2.24) is 0 Å². The van der Waals surface area contributed by atoms with Crippen molar-refractivity contribution in [1.29, 1.82) is 0 Å². The summed E-state index contributed by atoms with van der Waals surface area (Å²) in [5.74, 6) is 0. The maximum absolute atomic E-state index is 2.77. The molecule has 3 aliphatic heterocycles. The second kappa shape index (κ2) is 18.6. The van der Waals surface area contributed by atoms with Gasteiger partial charge in [-0.25, -0.2) is 0 Å². The Hall–Kier alpha value is -9.90. The van der Waals surface area contributed by atoms with Gasteiger partial charge in [0, 0.05) is 50.9 Å². The summed E-state index contributed by atoms with van der Waals surface area (Å²) in [6.07, 6.45) is 1.76. The van der Waals surface area contributed by atoms with Gasteiger partial charge < -0.3 is 14.7 Å². The van der Waals surface area contributed by atoms with E-state index in [2.05, 4.69) is 319 Å². The average Bonchev–Trinajstić information content (AvgIpc) is 2.11. The molecule has 2 unspecified atom stereocenters. The van der Waals surface area contributed by atoms with Gasteiger partial charge in [-0.1, -0.05) is 243 Å². The molecule has 1 aliphatic carbocycles. The lowest BCUT2D eigenvalue weighted by molar-refractivity contribution is 0.281. The van der Waals surface area contributed by atoms with Gasteiger partial charge >= 0.3 is 0 Å². The minimum absolute atomic E-state index is 0.118. The van der Waals surface area contributed by atoms with E-state index in [1.165, 1.54) is 117 Å². The maximum Gasteiger partial charge on any atom is 0.252 e. The fraction of sp³-hybridized carbons (Fsp3) is 0.0649. The summed E-state index contributed by atoms with van der Waals surface area (Å²) in [6, 6.07) is 111. The van der Waals surface area contributed by atoms with Crippen molar-refractivity contribution < 1.29 is 0 Å². The average molecular weight is 1030 g/mol. The van der Waals surface area contributed by atoms with Crippen LogP contribution in [0.1, 0.15) is 29.2 Å². The van der Waals surface area contributed by atoms with Crippen molar-refractivity contribution in [3.8, 4) is 44.5 Å². The molecule has 3 heterocycles. The molecule has 4 heteroatoms. The van der Waals surface area contributed by atoms with Crippen molar-refractivity contribution in [3.05, 3.63) is 320 Å². The predicted octanol–water partition coefficient (Wildman–Crippen LogP) is 17.4. The van der Waals surface area contributed by atoms with Crippen LogP contribution in [0.3, 0.4) is 0 Å². The molecule has 0 bridgehead atoms. The highest BCUT2D eigenvalue weighted by molar-refractivity contribution is 7.00. The Morgan fingerprint density at radius 1 is 0.309 bits per heavy atom. The first-order valence-electron chi connectivity index (χ1n) is 28.5. The number of benzene rings is 12. The van der Waals surface area contributed by atoms with Crippen LogP contribution in [0.2, 0.25) is 0 Å². The van der Waals surface area contributed by atoms with Crippen LogP contribution in [-0.4, -0.2) is 12.3 Å². The lowest BCUT2D eigenvalue weighted by atomic mass is 9.33. The monoisotopic (exact) mass is 1030 g/mol. The number of para-hydroxylation sites is 1. The zero-order valence-corrected chi connectivity index (χ0v) is 45.1. The standard InChI is InChI=1S/C77H56BN3/c1-76-51-61-29-17-18-30-62(61)52-77(76,63-31-15-6-16-32-63)67-33-19-20-34-70(67)81(76)66-49-73-75-74(50-66)80(65-43-37-58(38-44-65)54-23-9-3-10-24-54)72-46-40-60(56-27-13-5-14-28-56)48-69(72)78(75)68-47-59(55-25-11-4-12-26-55)39-45-71(68)79(73)64-41-35-57(36-42-64)53-21-7-2-8-22-53/h2-50H,51-52H2,1H3. The van der Waals surface area contributed by atoms with Gasteiger partial charge in [0.1, 0.15) is 0 Å². The molecule has 12 aromatic carbocycles. The van der Waals surface area contributed by atoms with Crippen LogP contribution in [0.15, 0.2) is 297 Å². The van der Waals surface area contributed by atoms with Crippen molar-refractivity contribution in [3.63, 3.8) is 0 Å². The molecule has 0 saturated heterocycles. The van der Waals surface area contributed by atoms with Gasteiger partial charge in [-0.15, -0.1) is 0 Å². The van der Waals surface area contributed by atoms with Gasteiger partial charge in [0.15, 0.2) is 0 Å². The summed E-state index contributed by atoms with van der Waals surface area (Å²) in [5, 5.41) is 0. The number of rotatable bonds is 8. The Labute approximate surface area is 475 Å². The molecular formula is C77H56BN3. The second-order valence-corrected chi connectivity index (χ2v) is 22.6. The minimum atomic E-state index is -0.425. The van der Waals surface area contributed by atoms with Gasteiger partial charge in [-0.2, -0.15) is 0 Å². The number of fused-ring (bicyclic) bond motifs is 8. The first-order valence-corrected chi connectivity index (χ1v) is 28.5. The zero-order chi connectivity index (χ0) is 53.7. The van der Waals surface area contributed by atoms with Crippen LogP contribution >= 0.6 is 0 Å². The Balaban J connectivity index is 1.01. The summed E-state index contributed by atoms with van der Waals surface area (Å²) in [7, 11) is 0. The third kappa shape index (κ3) is 7.30. The van der Waals surface area contributed by atoms with Gasteiger partial charge in [0.2, 0.25) is 0 Å². The number of anilines is 8. The predicted molar refractivity (Wildman–Crippen MR) is 340 cm³/mol. The molecule has 81 heavy (non-hydrogen) atoms. The quantitative estimate of drug-likeness (QED) is 0.140. The van der Waals surface area contributed by atoms with Crippen LogP contribution in [0.25, 0.3) is 44.5 Å². The third-order valence-corrected chi connectivity index (χ3v) is 18.4. The van der Waals surface area contributed by atoms with Crippen LogP contribution in [0, 0.1) is 0 Å². The van der Waals surface area contributed by atoms with Crippen LogP contribution < -0.4 is 31.1 Å². The number of nitrogens with zero attached hydrogens (tertiary/aromatic N) is 3. The van der Waals surface area contributed by atoms with E-state index in [-0.39, 0.29) is 12.1 Å². The van der Waals surface area contributed by atoms with Crippen molar-refractivity contribution in [2.24, 2.45) is 0 Å². The molecular weight excluding hydrogens is 978 g/mol. The summed E-state index contributed by atoms with van der Waals surface area (Å²) >= 11 is 0. The Bertz CT molecular complexity index is 4160. The molecule has 0 spiro atoms. The smallest absolute Gasteiger partial charge is 0.252 e. The summed E-state index contributed by atoms with van der Waals surface area (Å²) < 4.78 is 0. The molecule has 2 atom stereocenters. The van der Waals surface area contributed by atoms with Gasteiger partial charge in [-0.3, -0.25) is 0 Å². The second-order valence-electron chi connectivity index (χ2n) is 22.6. The van der Waals surface area contributed by atoms with Gasteiger partial charge in [0.05, 0.1) is 5.54 Å². The molecule has 4 aliphatic rings. The highest BCUT2D eigenvalue weighted by Crippen LogP contribution is 2.63. The maximum atomic E-state index is 2.77. The lowest BCUT2D eigenvalue weighted by Gasteiger charge is -2.53. The van der Waals surface area contributed by atoms with E-state index in [0.717, 1.165) is 24.2 Å². The molecule has 0 amide bonds. The molecule has 0 N–H and O–H groups in total. The van der Waals surface area contributed by atoms with E-state index in [9.17, 15) is 0 Å². The molecule has 16 rings (SSSR count). The molecule has 0 aromatic heterocycles.